The maximum Gasteiger partial charge on any atom is 0.168 e. The SMILES string of the molecule is O=Cc1ccc2c(n1)CC=CC=C2. The van der Waals surface area contributed by atoms with Crippen LogP contribution in [0.2, 0.25) is 0 Å². The minimum absolute atomic E-state index is 0.502. The summed E-state index contributed by atoms with van der Waals surface area (Å²) in [5.74, 6) is 0. The molecule has 1 aromatic heterocycles. The Morgan fingerprint density at radius 1 is 1.31 bits per heavy atom. The summed E-state index contributed by atoms with van der Waals surface area (Å²) in [4.78, 5) is 14.7. The third-order valence-corrected chi connectivity index (χ3v) is 1.99. The number of rotatable bonds is 1. The largest absolute Gasteiger partial charge is 0.296 e. The van der Waals surface area contributed by atoms with Gasteiger partial charge in [0.05, 0.1) is 5.69 Å². The fourth-order valence-corrected chi connectivity index (χ4v) is 1.33. The molecule has 0 fully saturated rings. The van der Waals surface area contributed by atoms with Crippen molar-refractivity contribution in [2.24, 2.45) is 0 Å². The molecule has 0 unspecified atom stereocenters. The zero-order valence-electron chi connectivity index (χ0n) is 7.10. The van der Waals surface area contributed by atoms with Crippen LogP contribution in [0.4, 0.5) is 0 Å². The third-order valence-electron chi connectivity index (χ3n) is 1.99. The van der Waals surface area contributed by atoms with Gasteiger partial charge >= 0.3 is 0 Å². The van der Waals surface area contributed by atoms with Crippen LogP contribution in [-0.4, -0.2) is 11.3 Å². The number of aldehydes is 1. The summed E-state index contributed by atoms with van der Waals surface area (Å²) in [6.45, 7) is 0. The summed E-state index contributed by atoms with van der Waals surface area (Å²) in [6, 6.07) is 3.66. The molecule has 1 heterocycles. The lowest BCUT2D eigenvalue weighted by atomic mass is 10.1. The summed E-state index contributed by atoms with van der Waals surface area (Å²) >= 11 is 0. The van der Waals surface area contributed by atoms with Crippen LogP contribution >= 0.6 is 0 Å². The average Bonchev–Trinajstić information content (AvgIpc) is 2.41. The van der Waals surface area contributed by atoms with E-state index in [1.54, 1.807) is 6.07 Å². The van der Waals surface area contributed by atoms with Crippen LogP contribution in [0.5, 0.6) is 0 Å². The Labute approximate surface area is 76.6 Å². The molecule has 1 aliphatic rings. The number of carbonyl (C=O) groups excluding carboxylic acids is 1. The molecule has 2 heteroatoms. The molecule has 0 atom stereocenters. The minimum atomic E-state index is 0.502. The van der Waals surface area contributed by atoms with Crippen molar-refractivity contribution in [1.29, 1.82) is 0 Å². The zero-order chi connectivity index (χ0) is 9.10. The van der Waals surface area contributed by atoms with E-state index >= 15 is 0 Å². The van der Waals surface area contributed by atoms with Crippen molar-refractivity contribution in [1.82, 2.24) is 4.98 Å². The highest BCUT2D eigenvalue weighted by molar-refractivity contribution is 5.72. The molecule has 0 amide bonds. The van der Waals surface area contributed by atoms with Gasteiger partial charge in [0.2, 0.25) is 0 Å². The number of aromatic nitrogens is 1. The Balaban J connectivity index is 2.51. The molecule has 1 aromatic rings. The number of hydrogen-bond donors (Lipinski definition) is 0. The summed E-state index contributed by atoms with van der Waals surface area (Å²) in [5, 5.41) is 0. The van der Waals surface area contributed by atoms with Crippen LogP contribution in [0.3, 0.4) is 0 Å². The fraction of sp³-hybridized carbons (Fsp3) is 0.0909. The van der Waals surface area contributed by atoms with Crippen molar-refractivity contribution in [2.75, 3.05) is 0 Å². The predicted molar refractivity (Wildman–Crippen MR) is 51.5 cm³/mol. The monoisotopic (exact) mass is 171 g/mol. The van der Waals surface area contributed by atoms with Crippen molar-refractivity contribution in [2.45, 2.75) is 6.42 Å². The van der Waals surface area contributed by atoms with Gasteiger partial charge in [-0.05, 0) is 11.6 Å². The first-order chi connectivity index (χ1) is 6.40. The summed E-state index contributed by atoms with van der Waals surface area (Å²) in [6.07, 6.45) is 9.57. The van der Waals surface area contributed by atoms with E-state index < -0.39 is 0 Å². The second-order valence-corrected chi connectivity index (χ2v) is 2.88. The lowest BCUT2D eigenvalue weighted by Gasteiger charge is -2.01. The van der Waals surface area contributed by atoms with E-state index in [0.29, 0.717) is 5.69 Å². The van der Waals surface area contributed by atoms with Crippen molar-refractivity contribution >= 4 is 12.4 Å². The standard InChI is InChI=1S/C11H9NO/c13-8-10-7-6-9-4-2-1-3-5-11(9)12-10/h1-4,6-8H,5H2. The normalized spacial score (nSPS) is 13.5. The van der Waals surface area contributed by atoms with Gasteiger partial charge in [0.25, 0.3) is 0 Å². The van der Waals surface area contributed by atoms with Gasteiger partial charge in [-0.3, -0.25) is 4.79 Å². The van der Waals surface area contributed by atoms with Crippen LogP contribution in [0.15, 0.2) is 30.4 Å². The van der Waals surface area contributed by atoms with Crippen molar-refractivity contribution in [3.63, 3.8) is 0 Å². The van der Waals surface area contributed by atoms with Gasteiger partial charge in [-0.2, -0.15) is 0 Å². The highest BCUT2D eigenvalue weighted by atomic mass is 16.1. The number of nitrogens with zero attached hydrogens (tertiary/aromatic N) is 1. The Kier molecular flexibility index (Phi) is 2.04. The molecule has 0 radical (unpaired) electrons. The highest BCUT2D eigenvalue weighted by Crippen LogP contribution is 2.13. The van der Waals surface area contributed by atoms with Crippen LogP contribution in [0.1, 0.15) is 21.7 Å². The van der Waals surface area contributed by atoms with Gasteiger partial charge < -0.3 is 0 Å². The Morgan fingerprint density at radius 2 is 2.23 bits per heavy atom. The molecule has 0 spiro atoms. The highest BCUT2D eigenvalue weighted by Gasteiger charge is 2.02. The lowest BCUT2D eigenvalue weighted by Crippen LogP contribution is -1.95. The molecule has 0 N–H and O–H groups in total. The van der Waals surface area contributed by atoms with Crippen LogP contribution in [-0.2, 0) is 6.42 Å². The lowest BCUT2D eigenvalue weighted by molar-refractivity contribution is 0.111. The van der Waals surface area contributed by atoms with Gasteiger partial charge in [0.1, 0.15) is 5.69 Å². The number of pyridine rings is 1. The smallest absolute Gasteiger partial charge is 0.168 e. The van der Waals surface area contributed by atoms with Crippen molar-refractivity contribution < 1.29 is 4.79 Å². The van der Waals surface area contributed by atoms with E-state index in [1.807, 2.05) is 30.4 Å². The van der Waals surface area contributed by atoms with Crippen molar-refractivity contribution in [3.05, 3.63) is 47.3 Å². The van der Waals surface area contributed by atoms with Gasteiger partial charge in [0, 0.05) is 6.42 Å². The van der Waals surface area contributed by atoms with Gasteiger partial charge in [-0.1, -0.05) is 30.4 Å². The maximum atomic E-state index is 10.5. The van der Waals surface area contributed by atoms with E-state index in [2.05, 4.69) is 4.98 Å². The first kappa shape index (κ1) is 7.92. The average molecular weight is 171 g/mol. The molecule has 0 bridgehead atoms. The Morgan fingerprint density at radius 3 is 3.08 bits per heavy atom. The van der Waals surface area contributed by atoms with Gasteiger partial charge in [0.15, 0.2) is 6.29 Å². The van der Waals surface area contributed by atoms with Crippen LogP contribution in [0.25, 0.3) is 6.08 Å². The van der Waals surface area contributed by atoms with E-state index in [4.69, 9.17) is 0 Å². The molecular weight excluding hydrogens is 162 g/mol. The minimum Gasteiger partial charge on any atom is -0.296 e. The van der Waals surface area contributed by atoms with E-state index in [-0.39, 0.29) is 0 Å². The first-order valence-corrected chi connectivity index (χ1v) is 4.18. The molecule has 0 saturated heterocycles. The second-order valence-electron chi connectivity index (χ2n) is 2.88. The molecular formula is C11H9NO. The second kappa shape index (κ2) is 3.35. The van der Waals surface area contributed by atoms with Gasteiger partial charge in [-0.15, -0.1) is 0 Å². The molecule has 2 rings (SSSR count). The van der Waals surface area contributed by atoms with Crippen LogP contribution in [0, 0.1) is 0 Å². The number of hydrogen-bond acceptors (Lipinski definition) is 2. The molecule has 2 nitrogen and oxygen atoms in total. The quantitative estimate of drug-likeness (QED) is 0.605. The Bertz CT molecular complexity index is 391. The summed E-state index contributed by atoms with van der Waals surface area (Å²) in [5.41, 5.74) is 2.56. The number of allylic oxidation sites excluding steroid dienone is 3. The van der Waals surface area contributed by atoms with Gasteiger partial charge in [-0.25, -0.2) is 4.98 Å². The molecule has 0 aromatic carbocycles. The maximum absolute atomic E-state index is 10.5. The van der Waals surface area contributed by atoms with E-state index in [0.717, 1.165) is 24.0 Å². The molecule has 0 saturated carbocycles. The Hall–Kier alpha value is -1.70. The van der Waals surface area contributed by atoms with Crippen molar-refractivity contribution in [3.8, 4) is 0 Å². The topological polar surface area (TPSA) is 30.0 Å². The molecule has 64 valence electrons. The number of carbonyl (C=O) groups is 1. The first-order valence-electron chi connectivity index (χ1n) is 4.18. The molecule has 1 aliphatic carbocycles. The predicted octanol–water partition coefficient (Wildman–Crippen LogP) is 2.02. The summed E-state index contributed by atoms with van der Waals surface area (Å²) < 4.78 is 0. The molecule has 13 heavy (non-hydrogen) atoms. The van der Waals surface area contributed by atoms with E-state index in [1.165, 1.54) is 0 Å². The zero-order valence-corrected chi connectivity index (χ0v) is 7.10. The molecule has 0 aliphatic heterocycles. The fourth-order valence-electron chi connectivity index (χ4n) is 1.33. The summed E-state index contributed by atoms with van der Waals surface area (Å²) in [7, 11) is 0. The van der Waals surface area contributed by atoms with E-state index in [9.17, 15) is 4.79 Å². The third kappa shape index (κ3) is 1.56. The van der Waals surface area contributed by atoms with Crippen LogP contribution < -0.4 is 0 Å². The number of fused-ring (bicyclic) bond motifs is 1.